The van der Waals surface area contributed by atoms with E-state index in [0.29, 0.717) is 23.4 Å². The maximum atomic E-state index is 12.0. The lowest BCUT2D eigenvalue weighted by Crippen LogP contribution is -2.40. The normalized spacial score (nSPS) is 19.1. The number of likely N-dealkylation sites (N-methyl/N-ethyl adjacent to an activating group) is 1. The molecular formula is C25H28N8OS. The molecule has 0 fully saturated rings. The van der Waals surface area contributed by atoms with Crippen molar-refractivity contribution in [2.45, 2.75) is 31.7 Å². The highest BCUT2D eigenvalue weighted by Gasteiger charge is 2.40. The first-order valence-electron chi connectivity index (χ1n) is 11.4. The van der Waals surface area contributed by atoms with E-state index >= 15 is 0 Å². The van der Waals surface area contributed by atoms with E-state index in [2.05, 4.69) is 67.0 Å². The minimum absolute atomic E-state index is 0.217. The molecule has 1 atom stereocenters. The molecule has 1 aromatic carbocycles. The molecule has 3 aromatic rings. The zero-order chi connectivity index (χ0) is 24.8. The molecule has 0 amide bonds. The molecule has 2 aromatic heterocycles. The smallest absolute Gasteiger partial charge is 0.229 e. The summed E-state index contributed by atoms with van der Waals surface area (Å²) in [4.78, 5) is 15.7. The molecular weight excluding hydrogens is 460 g/mol. The van der Waals surface area contributed by atoms with Crippen LogP contribution in [0.4, 0.5) is 29.1 Å². The Balaban J connectivity index is 1.44. The van der Waals surface area contributed by atoms with Crippen molar-refractivity contribution in [3.05, 3.63) is 58.8 Å². The molecule has 2 aliphatic rings. The van der Waals surface area contributed by atoms with Crippen LogP contribution in [0.1, 0.15) is 35.6 Å². The summed E-state index contributed by atoms with van der Waals surface area (Å²) < 4.78 is 16.2. The molecule has 1 aliphatic carbocycles. The third kappa shape index (κ3) is 4.83. The van der Waals surface area contributed by atoms with Crippen LogP contribution in [0, 0.1) is 11.3 Å². The molecule has 0 spiro atoms. The Bertz CT molecular complexity index is 1480. The van der Waals surface area contributed by atoms with Gasteiger partial charge in [-0.15, -0.1) is 0 Å². The highest BCUT2D eigenvalue weighted by atomic mass is 32.2. The average Bonchev–Trinajstić information content (AvgIpc) is 3.09. The third-order valence-corrected chi connectivity index (χ3v) is 7.00. The van der Waals surface area contributed by atoms with Crippen molar-refractivity contribution in [3.63, 3.8) is 0 Å². The van der Waals surface area contributed by atoms with Gasteiger partial charge < -0.3 is 15.5 Å². The van der Waals surface area contributed by atoms with Crippen LogP contribution in [-0.2, 0) is 28.1 Å². The third-order valence-electron chi connectivity index (χ3n) is 6.37. The van der Waals surface area contributed by atoms with Gasteiger partial charge in [0.2, 0.25) is 5.95 Å². The Labute approximate surface area is 205 Å². The van der Waals surface area contributed by atoms with E-state index in [4.69, 9.17) is 0 Å². The van der Waals surface area contributed by atoms with Gasteiger partial charge in [-0.3, -0.25) is 0 Å². The van der Waals surface area contributed by atoms with Crippen molar-refractivity contribution >= 4 is 38.8 Å². The number of aryl methyl sites for hydroxylation is 1. The summed E-state index contributed by atoms with van der Waals surface area (Å²) in [5, 5.41) is 16.0. The summed E-state index contributed by atoms with van der Waals surface area (Å²) in [5.41, 5.74) is 5.68. The summed E-state index contributed by atoms with van der Waals surface area (Å²) in [5.74, 6) is 1.51. The van der Waals surface area contributed by atoms with E-state index in [0.717, 1.165) is 31.6 Å². The topological polar surface area (TPSA) is 119 Å². The Morgan fingerprint density at radius 1 is 1.20 bits per heavy atom. The molecule has 1 aliphatic heterocycles. The predicted octanol–water partition coefficient (Wildman–Crippen LogP) is 4.24. The number of nitrogens with one attached hydrogen (secondary N) is 2. The molecule has 0 unspecified atom stereocenters. The van der Waals surface area contributed by atoms with Gasteiger partial charge in [0.05, 0.1) is 6.20 Å². The van der Waals surface area contributed by atoms with Gasteiger partial charge in [-0.2, -0.15) is 14.6 Å². The van der Waals surface area contributed by atoms with Gasteiger partial charge in [-0.1, -0.05) is 13.0 Å². The number of hydrogen-bond acceptors (Lipinski definition) is 9. The molecule has 0 radical (unpaired) electrons. The fraction of sp³-hybridized carbons (Fsp3) is 0.360. The second kappa shape index (κ2) is 8.59. The van der Waals surface area contributed by atoms with Crippen LogP contribution in [0.3, 0.4) is 0 Å². The van der Waals surface area contributed by atoms with E-state index in [1.54, 1.807) is 30.7 Å². The number of aromatic nitrogens is 3. The number of nitrogens with zero attached hydrogens (tertiary/aromatic N) is 6. The van der Waals surface area contributed by atoms with Crippen molar-refractivity contribution in [3.8, 4) is 6.07 Å². The van der Waals surface area contributed by atoms with Gasteiger partial charge >= 0.3 is 0 Å². The van der Waals surface area contributed by atoms with Gasteiger partial charge in [0, 0.05) is 46.4 Å². The second-order valence-corrected chi connectivity index (χ2v) is 12.4. The quantitative estimate of drug-likeness (QED) is 0.547. The molecule has 5 rings (SSSR count). The van der Waals surface area contributed by atoms with Gasteiger partial charge in [0.25, 0.3) is 0 Å². The van der Waals surface area contributed by atoms with Crippen molar-refractivity contribution in [1.82, 2.24) is 19.9 Å². The summed E-state index contributed by atoms with van der Waals surface area (Å²) in [6.45, 7) is 4.37. The first-order chi connectivity index (χ1) is 16.6. The molecule has 9 nitrogen and oxygen atoms in total. The minimum Gasteiger partial charge on any atom is -0.324 e. The first kappa shape index (κ1) is 23.2. The second-order valence-electron chi connectivity index (χ2n) is 9.87. The SMILES string of the molecule is CN1Cc2cc(Nc3ncc(C#N)c(Nc4cccc(N=S(C)(C)=O)n4)n3)cc3c2[C@](C)(CC3)C1. The average molecular weight is 489 g/mol. The lowest BCUT2D eigenvalue weighted by atomic mass is 9.78. The summed E-state index contributed by atoms with van der Waals surface area (Å²) in [6.07, 6.45) is 6.82. The zero-order valence-electron chi connectivity index (χ0n) is 20.3. The molecule has 0 saturated heterocycles. The predicted molar refractivity (Wildman–Crippen MR) is 138 cm³/mol. The molecule has 180 valence electrons. The van der Waals surface area contributed by atoms with Crippen LogP contribution in [0.15, 0.2) is 40.9 Å². The van der Waals surface area contributed by atoms with E-state index in [9.17, 15) is 9.47 Å². The maximum absolute atomic E-state index is 12.0. The molecule has 0 bridgehead atoms. The van der Waals surface area contributed by atoms with Crippen LogP contribution in [0.5, 0.6) is 0 Å². The van der Waals surface area contributed by atoms with E-state index in [1.165, 1.54) is 22.9 Å². The van der Waals surface area contributed by atoms with Crippen LogP contribution < -0.4 is 10.6 Å². The van der Waals surface area contributed by atoms with E-state index < -0.39 is 9.73 Å². The number of nitriles is 1. The largest absolute Gasteiger partial charge is 0.324 e. The highest BCUT2D eigenvalue weighted by molar-refractivity contribution is 7.92. The van der Waals surface area contributed by atoms with Crippen molar-refractivity contribution in [2.75, 3.05) is 36.7 Å². The Morgan fingerprint density at radius 2 is 2.00 bits per heavy atom. The number of hydrogen-bond donors (Lipinski definition) is 2. The fourth-order valence-corrected chi connectivity index (χ4v) is 5.76. The standard InChI is InChI=1S/C25H28N8OS/c1-25-9-8-16-10-19(11-17(22(16)25)14-33(2)15-25)28-24-27-13-18(12-26)23(31-24)30-20-6-5-7-21(29-20)32-35(3,4)34/h5-7,10-11,13H,8-9,14-15H2,1-4H3,(H2,27,28,29,30,31)/t25-/m1/s1. The number of pyridine rings is 1. The fourth-order valence-electron chi connectivity index (χ4n) is 5.21. The molecule has 0 saturated carbocycles. The van der Waals surface area contributed by atoms with Gasteiger partial charge in [-0.05, 0) is 60.8 Å². The highest BCUT2D eigenvalue weighted by Crippen LogP contribution is 2.45. The van der Waals surface area contributed by atoms with Gasteiger partial charge in [-0.25, -0.2) is 14.2 Å². The minimum atomic E-state index is -2.34. The number of rotatable bonds is 5. The monoisotopic (exact) mass is 488 g/mol. The van der Waals surface area contributed by atoms with E-state index in [1.807, 2.05) is 0 Å². The van der Waals surface area contributed by atoms with Crippen LogP contribution in [0.25, 0.3) is 0 Å². The first-order valence-corrected chi connectivity index (χ1v) is 13.8. The Hall–Kier alpha value is -3.55. The number of benzene rings is 1. The Morgan fingerprint density at radius 3 is 2.77 bits per heavy atom. The van der Waals surface area contributed by atoms with E-state index in [-0.39, 0.29) is 11.0 Å². The summed E-state index contributed by atoms with van der Waals surface area (Å²) >= 11 is 0. The maximum Gasteiger partial charge on any atom is 0.229 e. The zero-order valence-corrected chi connectivity index (χ0v) is 21.1. The van der Waals surface area contributed by atoms with Crippen molar-refractivity contribution in [1.29, 1.82) is 5.26 Å². The van der Waals surface area contributed by atoms with Crippen LogP contribution in [-0.4, -0.2) is 50.2 Å². The molecule has 3 heterocycles. The van der Waals surface area contributed by atoms with Crippen molar-refractivity contribution < 1.29 is 4.21 Å². The van der Waals surface area contributed by atoms with Crippen molar-refractivity contribution in [2.24, 2.45) is 4.36 Å². The lowest BCUT2D eigenvalue weighted by molar-refractivity contribution is 0.224. The summed E-state index contributed by atoms with van der Waals surface area (Å²) in [7, 11) is -0.174. The summed E-state index contributed by atoms with van der Waals surface area (Å²) in [6, 6.07) is 11.7. The molecule has 2 N–H and O–H groups in total. The number of anilines is 4. The Kier molecular flexibility index (Phi) is 5.69. The molecule has 35 heavy (non-hydrogen) atoms. The molecule has 10 heteroatoms. The van der Waals surface area contributed by atoms with Crippen LogP contribution in [0.2, 0.25) is 0 Å². The van der Waals surface area contributed by atoms with Crippen LogP contribution >= 0.6 is 0 Å². The lowest BCUT2D eigenvalue weighted by Gasteiger charge is -2.38. The van der Waals surface area contributed by atoms with Gasteiger partial charge in [0.1, 0.15) is 17.5 Å². The van der Waals surface area contributed by atoms with Gasteiger partial charge in [0.15, 0.2) is 11.6 Å².